The van der Waals surface area contributed by atoms with E-state index in [-0.39, 0.29) is 11.5 Å². The number of aliphatic hydroxyl groups excluding tert-OH is 1. The molecule has 0 saturated carbocycles. The molecule has 11 heteroatoms. The van der Waals surface area contributed by atoms with Crippen LogP contribution in [0.2, 0.25) is 0 Å². The van der Waals surface area contributed by atoms with Crippen molar-refractivity contribution in [3.8, 4) is 5.82 Å². The maximum atomic E-state index is 12.9. The van der Waals surface area contributed by atoms with Gasteiger partial charge < -0.3 is 24.5 Å². The Bertz CT molecular complexity index is 1670. The predicted octanol–water partition coefficient (Wildman–Crippen LogP) is 3.83. The molecule has 0 atom stereocenters. The summed E-state index contributed by atoms with van der Waals surface area (Å²) in [7, 11) is 0. The maximum Gasteiger partial charge on any atom is 0.229 e. The Morgan fingerprint density at radius 2 is 1.91 bits per heavy atom. The Morgan fingerprint density at radius 1 is 1.14 bits per heavy atom. The van der Waals surface area contributed by atoms with Gasteiger partial charge in [0.2, 0.25) is 5.95 Å². The van der Waals surface area contributed by atoms with Crippen molar-refractivity contribution >= 4 is 23.1 Å². The largest absolute Gasteiger partial charge is 0.440 e. The molecule has 0 amide bonds. The van der Waals surface area contributed by atoms with E-state index in [0.29, 0.717) is 68.4 Å². The van der Waals surface area contributed by atoms with Gasteiger partial charge >= 0.3 is 0 Å². The summed E-state index contributed by atoms with van der Waals surface area (Å²) in [5, 5.41) is 17.5. The molecule has 4 aromatic rings. The first kappa shape index (κ1) is 28.8. The third kappa shape index (κ3) is 6.38. The van der Waals surface area contributed by atoms with Crippen molar-refractivity contribution < 1.29 is 14.3 Å². The summed E-state index contributed by atoms with van der Waals surface area (Å²) in [6.07, 6.45) is 6.33. The average molecular weight is 584 g/mol. The van der Waals surface area contributed by atoms with Gasteiger partial charge in [0.15, 0.2) is 17.1 Å². The van der Waals surface area contributed by atoms with Crippen molar-refractivity contribution in [3.63, 3.8) is 0 Å². The third-order valence-electron chi connectivity index (χ3n) is 7.81. The lowest BCUT2D eigenvalue weighted by molar-refractivity contribution is -0.00297. The van der Waals surface area contributed by atoms with E-state index in [2.05, 4.69) is 43.2 Å². The van der Waals surface area contributed by atoms with Gasteiger partial charge in [0.1, 0.15) is 5.76 Å². The fourth-order valence-electron chi connectivity index (χ4n) is 5.37. The molecule has 2 N–H and O–H groups in total. The van der Waals surface area contributed by atoms with Crippen LogP contribution >= 0.6 is 0 Å². The number of hydrogen-bond acceptors (Lipinski definition) is 10. The molecule has 0 aliphatic carbocycles. The molecule has 2 saturated heterocycles. The molecule has 0 unspecified atom stereocenters. The van der Waals surface area contributed by atoms with Crippen molar-refractivity contribution in [3.05, 3.63) is 93.2 Å². The van der Waals surface area contributed by atoms with E-state index < -0.39 is 0 Å². The van der Waals surface area contributed by atoms with Crippen LogP contribution in [0.5, 0.6) is 0 Å². The van der Waals surface area contributed by atoms with Crippen LogP contribution in [0.3, 0.4) is 0 Å². The van der Waals surface area contributed by atoms with Crippen molar-refractivity contribution in [1.82, 2.24) is 24.6 Å². The molecule has 3 aromatic heterocycles. The number of likely N-dealkylation sites (tertiary alicyclic amines) is 1. The number of aliphatic hydroxyl groups is 1. The number of rotatable bonds is 9. The van der Waals surface area contributed by atoms with Crippen molar-refractivity contribution in [1.29, 1.82) is 0 Å². The Balaban J connectivity index is 1.20. The van der Waals surface area contributed by atoms with E-state index >= 15 is 0 Å². The van der Waals surface area contributed by atoms with E-state index in [1.165, 1.54) is 0 Å². The summed E-state index contributed by atoms with van der Waals surface area (Å²) >= 11 is 0. The number of ether oxygens (including phenoxy) is 1. The topological polar surface area (TPSA) is 122 Å². The highest BCUT2D eigenvalue weighted by Gasteiger charge is 2.25. The second-order valence-corrected chi connectivity index (χ2v) is 11.0. The molecule has 1 aromatic carbocycles. The summed E-state index contributed by atoms with van der Waals surface area (Å²) in [5.41, 5.74) is 5.24. The number of nitrogens with one attached hydrogen (secondary N) is 1. The summed E-state index contributed by atoms with van der Waals surface area (Å²) in [5.74, 6) is 2.28. The Kier molecular flexibility index (Phi) is 8.37. The van der Waals surface area contributed by atoms with Crippen LogP contribution < -0.4 is 15.6 Å². The Hall–Kier alpha value is -4.32. The standard InChI is InChI=1S/C32H37N7O4/c1-4-5-27(31-21(2)28(41)16-30(43-31)38-12-14-42-15-13-38)23-6-8-25(9-7-23)34-32-33-11-10-29(35-32)39-18-24(22(3)36-39)17-37-19-26(40)20-37/h5-11,16,18,26,40H,4,12-15,17,19-20H2,1-3H3,(H,33,34,35)/b27-5-. The molecule has 0 radical (unpaired) electrons. The summed E-state index contributed by atoms with van der Waals surface area (Å²) in [6, 6.07) is 11.3. The molecule has 5 heterocycles. The van der Waals surface area contributed by atoms with E-state index in [0.717, 1.165) is 41.0 Å². The number of aryl methyl sites for hydroxylation is 1. The van der Waals surface area contributed by atoms with Gasteiger partial charge in [-0.15, -0.1) is 0 Å². The normalized spacial score (nSPS) is 16.4. The minimum absolute atomic E-state index is 0.0427. The first-order chi connectivity index (χ1) is 20.9. The third-order valence-corrected chi connectivity index (χ3v) is 7.81. The Labute approximate surface area is 250 Å². The lowest BCUT2D eigenvalue weighted by Crippen LogP contribution is -2.49. The fourth-order valence-corrected chi connectivity index (χ4v) is 5.37. The van der Waals surface area contributed by atoms with Crippen LogP contribution in [0.15, 0.2) is 64.1 Å². The smallest absolute Gasteiger partial charge is 0.229 e. The molecule has 2 fully saturated rings. The molecule has 6 rings (SSSR count). The van der Waals surface area contributed by atoms with Gasteiger partial charge in [-0.2, -0.15) is 10.1 Å². The highest BCUT2D eigenvalue weighted by molar-refractivity contribution is 5.79. The number of aromatic nitrogens is 4. The number of hydrogen-bond donors (Lipinski definition) is 2. The summed E-state index contributed by atoms with van der Waals surface area (Å²) < 4.78 is 13.6. The zero-order chi connectivity index (χ0) is 29.9. The number of allylic oxidation sites excluding steroid dienone is 1. The SMILES string of the molecule is CC/C=C(/c1ccc(Nc2nccc(-n3cc(CN4CC(O)C4)c(C)n3)n2)cc1)c1oc(N2CCOCC2)cc(=O)c1C. The van der Waals surface area contributed by atoms with Gasteiger partial charge in [-0.3, -0.25) is 9.69 Å². The van der Waals surface area contributed by atoms with Gasteiger partial charge in [0.25, 0.3) is 0 Å². The average Bonchev–Trinajstić information content (AvgIpc) is 3.37. The lowest BCUT2D eigenvalue weighted by Gasteiger charge is -2.35. The van der Waals surface area contributed by atoms with Crippen LogP contribution in [0.25, 0.3) is 11.4 Å². The van der Waals surface area contributed by atoms with E-state index in [1.54, 1.807) is 16.9 Å². The number of nitrogens with zero attached hydrogens (tertiary/aromatic N) is 6. The number of anilines is 3. The quantitative estimate of drug-likeness (QED) is 0.301. The van der Waals surface area contributed by atoms with Crippen LogP contribution in [0.1, 0.15) is 41.5 Å². The van der Waals surface area contributed by atoms with Crippen molar-refractivity contribution in [2.24, 2.45) is 0 Å². The zero-order valence-electron chi connectivity index (χ0n) is 24.8. The highest BCUT2D eigenvalue weighted by Crippen LogP contribution is 2.30. The number of β-amino-alcohol motifs (C(OH)–C–C–N with tert-alkyl or cyclic N) is 1. The summed E-state index contributed by atoms with van der Waals surface area (Å²) in [6.45, 7) is 10.6. The molecule has 0 bridgehead atoms. The molecule has 2 aliphatic heterocycles. The lowest BCUT2D eigenvalue weighted by atomic mass is 9.98. The Morgan fingerprint density at radius 3 is 2.63 bits per heavy atom. The molecule has 2 aliphatic rings. The minimum Gasteiger partial charge on any atom is -0.440 e. The van der Waals surface area contributed by atoms with Gasteiger partial charge in [-0.05, 0) is 38.0 Å². The van der Waals surface area contributed by atoms with Gasteiger partial charge in [0.05, 0.1) is 25.0 Å². The second kappa shape index (κ2) is 12.5. The van der Waals surface area contributed by atoms with Gasteiger partial charge in [-0.25, -0.2) is 9.67 Å². The monoisotopic (exact) mass is 583 g/mol. The summed E-state index contributed by atoms with van der Waals surface area (Å²) in [4.78, 5) is 26.3. The van der Waals surface area contributed by atoms with E-state index in [4.69, 9.17) is 9.15 Å². The second-order valence-electron chi connectivity index (χ2n) is 11.0. The molecular weight excluding hydrogens is 546 g/mol. The van der Waals surface area contributed by atoms with Gasteiger partial charge in [-0.1, -0.05) is 25.1 Å². The number of morpholine rings is 1. The van der Waals surface area contributed by atoms with Crippen LogP contribution in [-0.2, 0) is 11.3 Å². The first-order valence-corrected chi connectivity index (χ1v) is 14.7. The van der Waals surface area contributed by atoms with Crippen molar-refractivity contribution in [2.45, 2.75) is 39.8 Å². The van der Waals surface area contributed by atoms with Gasteiger partial charge in [0, 0.05) is 79.6 Å². The van der Waals surface area contributed by atoms with Crippen LogP contribution in [0, 0.1) is 13.8 Å². The molecule has 224 valence electrons. The van der Waals surface area contributed by atoms with Crippen LogP contribution in [-0.4, -0.2) is 75.3 Å². The van der Waals surface area contributed by atoms with E-state index in [1.807, 2.05) is 50.4 Å². The van der Waals surface area contributed by atoms with E-state index in [9.17, 15) is 9.90 Å². The zero-order valence-corrected chi connectivity index (χ0v) is 24.8. The molecule has 0 spiro atoms. The highest BCUT2D eigenvalue weighted by atomic mass is 16.5. The maximum absolute atomic E-state index is 12.9. The van der Waals surface area contributed by atoms with Crippen molar-refractivity contribution in [2.75, 3.05) is 49.6 Å². The predicted molar refractivity (Wildman–Crippen MR) is 165 cm³/mol. The fraction of sp³-hybridized carbons (Fsp3) is 0.375. The molecular formula is C32H37N7O4. The first-order valence-electron chi connectivity index (χ1n) is 14.7. The number of benzene rings is 1. The van der Waals surface area contributed by atoms with Crippen LogP contribution in [0.4, 0.5) is 17.5 Å². The molecule has 11 nitrogen and oxygen atoms in total. The molecule has 43 heavy (non-hydrogen) atoms. The minimum atomic E-state index is -0.231.